The Labute approximate surface area is 105 Å². The van der Waals surface area contributed by atoms with E-state index in [4.69, 9.17) is 9.59 Å². The Morgan fingerprint density at radius 3 is 0.850 bits per heavy atom. The Morgan fingerprint density at radius 2 is 0.850 bits per heavy atom. The van der Waals surface area contributed by atoms with E-state index in [1.54, 1.807) is 0 Å². The second-order valence-corrected chi connectivity index (χ2v) is 1.25. The van der Waals surface area contributed by atoms with E-state index in [2.05, 4.69) is 9.88 Å². The molecule has 20 heavy (non-hydrogen) atoms. The van der Waals surface area contributed by atoms with Crippen LogP contribution in [0.25, 0.3) is 0 Å². The van der Waals surface area contributed by atoms with Crippen LogP contribution >= 0.6 is 0 Å². The molecule has 4 nitrogen and oxygen atoms in total. The lowest BCUT2D eigenvalue weighted by molar-refractivity contribution is -0.167. The maximum atomic E-state index is 10.4. The molecule has 0 N–H and O–H groups in total. The molecule has 0 fully saturated rings. The van der Waals surface area contributed by atoms with Gasteiger partial charge in [-0.05, 0) is 9.05 Å². The summed E-state index contributed by atoms with van der Waals surface area (Å²) in [6.07, 6.45) is -2.83. The van der Waals surface area contributed by atoms with Gasteiger partial charge in [0.25, 0.3) is 0 Å². The highest BCUT2D eigenvalue weighted by Crippen LogP contribution is 1.70. The first kappa shape index (κ1) is 31.1. The van der Waals surface area contributed by atoms with E-state index in [0.29, 0.717) is 0 Å². The van der Waals surface area contributed by atoms with Crippen LogP contribution in [0, 0.1) is 0 Å². The van der Waals surface area contributed by atoms with Gasteiger partial charge in [-0.3, -0.25) is 4.79 Å². The highest BCUT2D eigenvalue weighted by Gasteiger charge is 1.88. The minimum absolute atomic E-state index is 1.35. The maximum Gasteiger partial charge on any atom is 0.483 e. The fourth-order valence-corrected chi connectivity index (χ4v) is 0. The van der Waals surface area contributed by atoms with Crippen LogP contribution < -0.4 is 0 Å². The van der Waals surface area contributed by atoms with E-state index in [9.17, 15) is 44.2 Å². The van der Waals surface area contributed by atoms with Crippen LogP contribution in [0.2, 0.25) is 0 Å². The van der Waals surface area contributed by atoms with Gasteiger partial charge in [0.1, 0.15) is 0 Å². The first-order chi connectivity index (χ1) is 9.24. The highest BCUT2D eigenvalue weighted by atomic mass is 19.3. The zero-order chi connectivity index (χ0) is 17.4. The molecular formula is C6H8F10O4. The van der Waals surface area contributed by atoms with Gasteiger partial charge in [-0.1, -0.05) is 0 Å². The second kappa shape index (κ2) is 43.2. The summed E-state index contributed by atoms with van der Waals surface area (Å²) in [6.45, 7) is -5.94. The Kier molecular flexibility index (Phi) is 67.2. The Bertz CT molecular complexity index is 160. The lowest BCUT2D eigenvalue weighted by atomic mass is 10.8. The molecular weight excluding hydrogens is 326 g/mol. The summed E-state index contributed by atoms with van der Waals surface area (Å²) in [6, 6.07) is -1.91. The molecule has 0 rings (SSSR count). The summed E-state index contributed by atoms with van der Waals surface area (Å²) in [4.78, 5) is 21.6. The molecule has 126 valence electrons. The molecule has 14 heteroatoms. The third-order valence-electron chi connectivity index (χ3n) is 0.188. The van der Waals surface area contributed by atoms with Crippen molar-refractivity contribution in [1.82, 2.24) is 0 Å². The van der Waals surface area contributed by atoms with E-state index in [1.807, 2.05) is 0 Å². The molecule has 0 heterocycles. The minimum Gasteiger partial charge on any atom is -0.258 e. The number of hydrogen-bond donors (Lipinski definition) is 0. The quantitative estimate of drug-likeness (QED) is 0.578. The summed E-state index contributed by atoms with van der Waals surface area (Å²) in [5, 5.41) is 0. The molecule has 0 radical (unpaired) electrons. The predicted octanol–water partition coefficient (Wildman–Crippen LogP) is 4.01. The first-order valence-corrected chi connectivity index (χ1v) is 3.55. The summed E-state index contributed by atoms with van der Waals surface area (Å²) in [5.74, 6) is 0. The number of rotatable bonds is 3. The average Bonchev–Trinajstić information content (AvgIpc) is 2.39. The first-order valence-electron chi connectivity index (χ1n) is 3.55. The van der Waals surface area contributed by atoms with Crippen molar-refractivity contribution in [2.75, 3.05) is 27.3 Å². The van der Waals surface area contributed by atoms with Crippen molar-refractivity contribution in [3.63, 3.8) is 0 Å². The molecule has 0 saturated heterocycles. The van der Waals surface area contributed by atoms with E-state index in [0.717, 1.165) is 0 Å². The van der Waals surface area contributed by atoms with Gasteiger partial charge in [0.2, 0.25) is 20.6 Å². The van der Waals surface area contributed by atoms with Crippen molar-refractivity contribution in [2.24, 2.45) is 0 Å². The number of alkyl halides is 5. The Morgan fingerprint density at radius 1 is 0.750 bits per heavy atom. The molecule has 0 unspecified atom stereocenters. The van der Waals surface area contributed by atoms with Crippen LogP contribution in [-0.2, 0) is 14.7 Å². The monoisotopic (exact) mass is 334 g/mol. The third kappa shape index (κ3) is 612. The highest BCUT2D eigenvalue weighted by molar-refractivity contribution is 5.68. The molecule has 0 aromatic rings. The largest absolute Gasteiger partial charge is 0.483 e. The molecule has 0 amide bonds. The smallest absolute Gasteiger partial charge is 0.258 e. The summed E-state index contributed by atoms with van der Waals surface area (Å²) >= 11 is 0. The van der Waals surface area contributed by atoms with Crippen LogP contribution in [-0.4, -0.2) is 39.7 Å². The van der Waals surface area contributed by atoms with Crippen LogP contribution in [0.1, 0.15) is 0 Å². The third-order valence-corrected chi connectivity index (χ3v) is 0.188. The topological polar surface area (TPSA) is 52.6 Å². The van der Waals surface area contributed by atoms with E-state index >= 15 is 0 Å². The molecule has 0 aliphatic rings. The summed E-state index contributed by atoms with van der Waals surface area (Å²) < 4.78 is 99.4. The zero-order valence-electron chi connectivity index (χ0n) is 9.24. The van der Waals surface area contributed by atoms with Crippen molar-refractivity contribution in [2.45, 2.75) is 0 Å². The van der Waals surface area contributed by atoms with Crippen LogP contribution in [0.5, 0.6) is 0 Å². The normalized spacial score (nSPS) is 7.10. The fraction of sp³-hybridized carbons (Fsp3) is 0.667. The van der Waals surface area contributed by atoms with Gasteiger partial charge < -0.3 is 0 Å². The minimum atomic E-state index is -2.83. The Balaban J connectivity index is -0.0000000473. The lowest BCUT2D eigenvalue weighted by Crippen LogP contribution is -1.85. The SMILES string of the molecule is FCF.FCOF.FCOF.O=C(F)CF.O=C(F)F. The van der Waals surface area contributed by atoms with Crippen molar-refractivity contribution in [3.05, 3.63) is 0 Å². The van der Waals surface area contributed by atoms with E-state index in [-0.39, 0.29) is 0 Å². The molecule has 0 bridgehead atoms. The molecule has 0 aromatic heterocycles. The van der Waals surface area contributed by atoms with Crippen molar-refractivity contribution in [3.8, 4) is 0 Å². The standard InChI is InChI=1S/C2H2F2O.2CH2F2O.CF2O.CH2F2/c3-1-2(4)5;2*2-1-4-3;2-1(3)4;2-1-3/h1H2;2*1H2;;1H2. The average molecular weight is 334 g/mol. The van der Waals surface area contributed by atoms with Gasteiger partial charge in [-0.2, -0.15) is 14.3 Å². The van der Waals surface area contributed by atoms with Crippen molar-refractivity contribution in [1.29, 1.82) is 0 Å². The fourth-order valence-electron chi connectivity index (χ4n) is 0. The van der Waals surface area contributed by atoms with Crippen LogP contribution in [0.4, 0.5) is 49.0 Å². The van der Waals surface area contributed by atoms with Gasteiger partial charge in [0.15, 0.2) is 6.67 Å². The van der Waals surface area contributed by atoms with Gasteiger partial charge in [-0.25, -0.2) is 26.7 Å². The lowest BCUT2D eigenvalue weighted by Gasteiger charge is -1.64. The number of hydrogen-bond acceptors (Lipinski definition) is 4. The van der Waals surface area contributed by atoms with Crippen molar-refractivity contribution < 1.29 is 63.6 Å². The Hall–Kier alpha value is -1.44. The van der Waals surface area contributed by atoms with E-state index < -0.39 is 39.7 Å². The van der Waals surface area contributed by atoms with Crippen molar-refractivity contribution >= 4 is 12.3 Å². The second-order valence-electron chi connectivity index (χ2n) is 1.25. The maximum absolute atomic E-state index is 10.4. The summed E-state index contributed by atoms with van der Waals surface area (Å²) in [5.41, 5.74) is 0. The number of carbonyl (C=O) groups excluding carboxylic acids is 2. The van der Waals surface area contributed by atoms with Crippen LogP contribution in [0.15, 0.2) is 0 Å². The number of carbonyl (C=O) groups is 2. The molecule has 0 aliphatic heterocycles. The summed E-state index contributed by atoms with van der Waals surface area (Å²) in [7, 11) is 0. The van der Waals surface area contributed by atoms with Gasteiger partial charge in [0, 0.05) is 0 Å². The van der Waals surface area contributed by atoms with E-state index in [1.165, 1.54) is 0 Å². The number of halogens is 10. The van der Waals surface area contributed by atoms with Gasteiger partial charge >= 0.3 is 12.3 Å². The zero-order valence-corrected chi connectivity index (χ0v) is 9.24. The molecule has 0 saturated carbocycles. The molecule has 0 aliphatic carbocycles. The molecule has 0 aromatic carbocycles. The molecule has 0 spiro atoms. The predicted molar refractivity (Wildman–Crippen MR) is 43.1 cm³/mol. The van der Waals surface area contributed by atoms with Crippen LogP contribution in [0.3, 0.4) is 0 Å². The van der Waals surface area contributed by atoms with Gasteiger partial charge in [0.05, 0.1) is 0 Å². The van der Waals surface area contributed by atoms with Gasteiger partial charge in [-0.15, -0.1) is 8.78 Å². The molecule has 0 atom stereocenters.